The molecule has 7 nitrogen and oxygen atoms in total. The highest BCUT2D eigenvalue weighted by Crippen LogP contribution is 2.37. The number of nitrogens with one attached hydrogen (secondary N) is 1. The van der Waals surface area contributed by atoms with Gasteiger partial charge in [-0.1, -0.05) is 0 Å². The van der Waals surface area contributed by atoms with Crippen LogP contribution in [0.4, 0.5) is 5.69 Å². The molecule has 0 fully saturated rings. The predicted octanol–water partition coefficient (Wildman–Crippen LogP) is 3.25. The van der Waals surface area contributed by atoms with E-state index in [0.29, 0.717) is 17.9 Å². The van der Waals surface area contributed by atoms with Crippen LogP contribution in [0.2, 0.25) is 0 Å². The summed E-state index contributed by atoms with van der Waals surface area (Å²) >= 11 is 3.01. The average molecular weight is 422 g/mol. The van der Waals surface area contributed by atoms with Crippen LogP contribution >= 0.6 is 23.5 Å². The first-order valence-corrected chi connectivity index (χ1v) is 10.9. The summed E-state index contributed by atoms with van der Waals surface area (Å²) in [5, 5.41) is 12.5. The molecule has 9 heteroatoms. The summed E-state index contributed by atoms with van der Waals surface area (Å²) in [7, 11) is 1.62. The first-order chi connectivity index (χ1) is 13.6. The molecule has 2 aliphatic rings. The van der Waals surface area contributed by atoms with Gasteiger partial charge >= 0.3 is 5.97 Å². The van der Waals surface area contributed by atoms with Crippen molar-refractivity contribution in [2.75, 3.05) is 37.9 Å². The second kappa shape index (κ2) is 9.99. The Bertz CT molecular complexity index is 793. The standard InChI is InChI=1S/C19H23N3O4S2/c1-26-12-15-17(28-19-20-9-3-10-22(15)19)18(25)21-13-5-7-14(8-6-13)27-11-2-4-16(23)24/h5-8H,2-4,9-12H2,1H3,(H,21,25)(H,23,24). The SMILES string of the molecule is COCC1=C(C(=O)Nc2ccc(SCCCC(=O)O)cc2)SC2=NCCCN21. The van der Waals surface area contributed by atoms with Gasteiger partial charge in [0.05, 0.1) is 12.3 Å². The van der Waals surface area contributed by atoms with E-state index in [2.05, 4.69) is 15.2 Å². The van der Waals surface area contributed by atoms with Crippen molar-refractivity contribution in [1.29, 1.82) is 0 Å². The van der Waals surface area contributed by atoms with Gasteiger partial charge in [0.2, 0.25) is 0 Å². The molecule has 0 spiro atoms. The van der Waals surface area contributed by atoms with Gasteiger partial charge in [0.1, 0.15) is 4.91 Å². The van der Waals surface area contributed by atoms with Crippen LogP contribution in [0.25, 0.3) is 0 Å². The lowest BCUT2D eigenvalue weighted by atomic mass is 10.2. The number of hydrogen-bond donors (Lipinski definition) is 2. The van der Waals surface area contributed by atoms with Gasteiger partial charge in [-0.05, 0) is 54.6 Å². The molecule has 150 valence electrons. The molecule has 0 bridgehead atoms. The van der Waals surface area contributed by atoms with Crippen molar-refractivity contribution in [3.8, 4) is 0 Å². The molecule has 1 aromatic rings. The number of carboxylic acid groups (broad SMARTS) is 1. The lowest BCUT2D eigenvalue weighted by Gasteiger charge is -2.24. The van der Waals surface area contributed by atoms with Gasteiger partial charge in [-0.2, -0.15) is 0 Å². The fourth-order valence-corrected chi connectivity index (χ4v) is 4.82. The Balaban J connectivity index is 1.60. The number of carbonyl (C=O) groups is 2. The zero-order valence-electron chi connectivity index (χ0n) is 15.6. The monoisotopic (exact) mass is 421 g/mol. The van der Waals surface area contributed by atoms with Gasteiger partial charge in [0.15, 0.2) is 5.17 Å². The van der Waals surface area contributed by atoms with Gasteiger partial charge in [0.25, 0.3) is 5.91 Å². The van der Waals surface area contributed by atoms with Crippen LogP contribution in [-0.2, 0) is 14.3 Å². The highest BCUT2D eigenvalue weighted by molar-refractivity contribution is 8.18. The van der Waals surface area contributed by atoms with E-state index in [-0.39, 0.29) is 12.3 Å². The molecule has 0 aromatic heterocycles. The molecule has 2 aliphatic heterocycles. The summed E-state index contributed by atoms with van der Waals surface area (Å²) < 4.78 is 5.30. The number of fused-ring (bicyclic) bond motifs is 1. The number of amides is 1. The normalized spacial score (nSPS) is 16.0. The molecule has 0 unspecified atom stereocenters. The average Bonchev–Trinajstić information content (AvgIpc) is 3.05. The number of aliphatic imine (C=N–C) groups is 1. The van der Waals surface area contributed by atoms with Crippen molar-refractivity contribution in [2.24, 2.45) is 4.99 Å². The molecule has 0 aliphatic carbocycles. The van der Waals surface area contributed by atoms with Crippen LogP contribution in [0.1, 0.15) is 19.3 Å². The summed E-state index contributed by atoms with van der Waals surface area (Å²) in [5.74, 6) is -0.177. The molecule has 0 saturated carbocycles. The van der Waals surface area contributed by atoms with Gasteiger partial charge in [-0.25, -0.2) is 0 Å². The number of aliphatic carboxylic acids is 1. The van der Waals surface area contributed by atoms with Crippen LogP contribution < -0.4 is 5.32 Å². The molecule has 28 heavy (non-hydrogen) atoms. The molecule has 2 N–H and O–H groups in total. The minimum absolute atomic E-state index is 0.156. The van der Waals surface area contributed by atoms with Crippen LogP contribution in [0.5, 0.6) is 0 Å². The van der Waals surface area contributed by atoms with E-state index in [9.17, 15) is 9.59 Å². The fraction of sp³-hybridized carbons (Fsp3) is 0.421. The van der Waals surface area contributed by atoms with E-state index >= 15 is 0 Å². The van der Waals surface area contributed by atoms with Gasteiger partial charge in [-0.15, -0.1) is 11.8 Å². The van der Waals surface area contributed by atoms with Crippen molar-refractivity contribution in [3.05, 3.63) is 34.9 Å². The number of hydrogen-bond acceptors (Lipinski definition) is 7. The lowest BCUT2D eigenvalue weighted by Crippen LogP contribution is -2.31. The Labute approximate surface area is 172 Å². The third-order valence-corrected chi connectivity index (χ3v) is 6.46. The summed E-state index contributed by atoms with van der Waals surface area (Å²) in [6.07, 6.45) is 1.78. The van der Waals surface area contributed by atoms with Gasteiger partial charge in [-0.3, -0.25) is 14.6 Å². The maximum atomic E-state index is 12.8. The zero-order chi connectivity index (χ0) is 19.9. The topological polar surface area (TPSA) is 91.2 Å². The van der Waals surface area contributed by atoms with Crippen molar-refractivity contribution in [1.82, 2.24) is 4.90 Å². The zero-order valence-corrected chi connectivity index (χ0v) is 17.3. The second-order valence-electron chi connectivity index (χ2n) is 6.30. The molecule has 2 heterocycles. The third kappa shape index (κ3) is 5.30. The molecule has 0 radical (unpaired) electrons. The van der Waals surface area contributed by atoms with Gasteiger partial charge < -0.3 is 20.1 Å². The number of thioether (sulfide) groups is 2. The van der Waals surface area contributed by atoms with Crippen molar-refractivity contribution in [2.45, 2.75) is 24.2 Å². The van der Waals surface area contributed by atoms with Crippen LogP contribution in [0.15, 0.2) is 44.8 Å². The number of ether oxygens (including phenoxy) is 1. The molecular weight excluding hydrogens is 398 g/mol. The van der Waals surface area contributed by atoms with Crippen LogP contribution in [-0.4, -0.2) is 59.6 Å². The number of benzene rings is 1. The van der Waals surface area contributed by atoms with Crippen molar-refractivity contribution >= 4 is 46.3 Å². The minimum atomic E-state index is -0.771. The van der Waals surface area contributed by atoms with E-state index in [1.807, 2.05) is 24.3 Å². The predicted molar refractivity (Wildman–Crippen MR) is 113 cm³/mol. The lowest BCUT2D eigenvalue weighted by molar-refractivity contribution is -0.137. The second-order valence-corrected chi connectivity index (χ2v) is 8.45. The maximum absolute atomic E-state index is 12.8. The minimum Gasteiger partial charge on any atom is -0.481 e. The van der Waals surface area contributed by atoms with Crippen LogP contribution in [0, 0.1) is 0 Å². The Morgan fingerprint density at radius 3 is 2.86 bits per heavy atom. The Morgan fingerprint density at radius 1 is 1.36 bits per heavy atom. The smallest absolute Gasteiger partial charge is 0.303 e. The fourth-order valence-electron chi connectivity index (χ4n) is 2.89. The third-order valence-electron chi connectivity index (χ3n) is 4.20. The van der Waals surface area contributed by atoms with E-state index in [1.165, 1.54) is 11.8 Å². The molecular formula is C19H23N3O4S2. The highest BCUT2D eigenvalue weighted by Gasteiger charge is 2.34. The first kappa shape index (κ1) is 20.8. The maximum Gasteiger partial charge on any atom is 0.303 e. The van der Waals surface area contributed by atoms with Crippen molar-refractivity contribution in [3.63, 3.8) is 0 Å². The highest BCUT2D eigenvalue weighted by atomic mass is 32.2. The van der Waals surface area contributed by atoms with E-state index in [1.54, 1.807) is 18.9 Å². The van der Waals surface area contributed by atoms with Crippen LogP contribution in [0.3, 0.4) is 0 Å². The quantitative estimate of drug-likeness (QED) is 0.467. The summed E-state index contributed by atoms with van der Waals surface area (Å²) in [4.78, 5) is 31.6. The van der Waals surface area contributed by atoms with Gasteiger partial charge in [0, 0.05) is 37.2 Å². The molecule has 1 amide bonds. The summed E-state index contributed by atoms with van der Waals surface area (Å²) in [6, 6.07) is 7.58. The number of carboxylic acids is 1. The van der Waals surface area contributed by atoms with E-state index in [0.717, 1.165) is 46.7 Å². The Morgan fingerprint density at radius 2 is 2.14 bits per heavy atom. The number of methoxy groups -OCH3 is 1. The number of amidine groups is 1. The number of carbonyl (C=O) groups excluding carboxylic acids is 1. The molecule has 0 saturated heterocycles. The molecule has 1 aromatic carbocycles. The molecule has 3 rings (SSSR count). The Kier molecular flexibility index (Phi) is 7.41. The van der Waals surface area contributed by atoms with E-state index in [4.69, 9.17) is 9.84 Å². The Hall–Kier alpha value is -1.97. The molecule has 0 atom stereocenters. The number of anilines is 1. The largest absolute Gasteiger partial charge is 0.481 e. The number of rotatable bonds is 9. The summed E-state index contributed by atoms with van der Waals surface area (Å²) in [5.41, 5.74) is 1.59. The summed E-state index contributed by atoms with van der Waals surface area (Å²) in [6.45, 7) is 2.02. The first-order valence-electron chi connectivity index (χ1n) is 9.06. The van der Waals surface area contributed by atoms with Crippen molar-refractivity contribution < 1.29 is 19.4 Å². The number of nitrogens with zero attached hydrogens (tertiary/aromatic N) is 2. The van der Waals surface area contributed by atoms with E-state index < -0.39 is 5.97 Å².